The van der Waals surface area contributed by atoms with Crippen molar-refractivity contribution in [2.75, 3.05) is 20.8 Å². The van der Waals surface area contributed by atoms with E-state index in [0.29, 0.717) is 33.1 Å². The third kappa shape index (κ3) is 3.95. The molecule has 1 heterocycles. The van der Waals surface area contributed by atoms with Gasteiger partial charge in [-0.1, -0.05) is 5.92 Å². The van der Waals surface area contributed by atoms with Crippen molar-refractivity contribution in [2.24, 2.45) is 0 Å². The van der Waals surface area contributed by atoms with Gasteiger partial charge in [0.1, 0.15) is 24.3 Å². The Morgan fingerprint density at radius 1 is 1.29 bits per heavy atom. The first-order valence-corrected chi connectivity index (χ1v) is 8.98. The lowest BCUT2D eigenvalue weighted by atomic mass is 10.1. The molecule has 140 valence electrons. The van der Waals surface area contributed by atoms with Crippen molar-refractivity contribution in [3.8, 4) is 35.7 Å². The fourth-order valence-corrected chi connectivity index (χ4v) is 3.21. The van der Waals surface area contributed by atoms with E-state index in [0.717, 1.165) is 16.6 Å². The van der Waals surface area contributed by atoms with Gasteiger partial charge in [-0.3, -0.25) is 0 Å². The second-order valence-corrected chi connectivity index (χ2v) is 6.52. The lowest BCUT2D eigenvalue weighted by Gasteiger charge is -2.12. The van der Waals surface area contributed by atoms with Gasteiger partial charge >= 0.3 is 0 Å². The van der Waals surface area contributed by atoms with E-state index in [-0.39, 0.29) is 6.61 Å². The van der Waals surface area contributed by atoms with Crippen LogP contribution >= 0.6 is 15.9 Å². The Balaban J connectivity index is 2.02. The topological polar surface area (TPSA) is 80.2 Å². The second-order valence-electron chi connectivity index (χ2n) is 5.67. The minimum Gasteiger partial charge on any atom is -0.497 e. The number of terminal acetylenes is 1. The van der Waals surface area contributed by atoms with Crippen molar-refractivity contribution in [3.63, 3.8) is 0 Å². The molecule has 7 heteroatoms. The summed E-state index contributed by atoms with van der Waals surface area (Å²) in [5, 5.41) is 9.64. The number of nitrogens with zero attached hydrogens (tertiary/aromatic N) is 2. The summed E-state index contributed by atoms with van der Waals surface area (Å²) >= 11 is 3.46. The van der Waals surface area contributed by atoms with E-state index >= 15 is 0 Å². The highest BCUT2D eigenvalue weighted by Crippen LogP contribution is 2.37. The Morgan fingerprint density at radius 2 is 2.11 bits per heavy atom. The first-order valence-electron chi connectivity index (χ1n) is 8.19. The molecule has 0 spiro atoms. The van der Waals surface area contributed by atoms with Crippen LogP contribution in [0, 0.1) is 23.7 Å². The van der Waals surface area contributed by atoms with E-state index in [4.69, 9.17) is 20.6 Å². The minimum atomic E-state index is 0.121. The number of rotatable bonds is 6. The summed E-state index contributed by atoms with van der Waals surface area (Å²) in [7, 11) is 3.14. The number of aromatic amines is 1. The maximum absolute atomic E-state index is 9.64. The van der Waals surface area contributed by atoms with E-state index < -0.39 is 0 Å². The molecular weight excluding hydrogens is 422 g/mol. The van der Waals surface area contributed by atoms with Crippen LogP contribution in [0.15, 0.2) is 34.8 Å². The van der Waals surface area contributed by atoms with E-state index in [9.17, 15) is 5.26 Å². The van der Waals surface area contributed by atoms with Crippen molar-refractivity contribution >= 4 is 38.6 Å². The average Bonchev–Trinajstić information content (AvgIpc) is 3.13. The summed E-state index contributed by atoms with van der Waals surface area (Å²) in [5.41, 5.74) is 2.65. The Bertz CT molecular complexity index is 1140. The molecule has 2 aromatic carbocycles. The number of nitrogens with one attached hydrogen (secondary N) is 1. The van der Waals surface area contributed by atoms with Crippen LogP contribution in [0.2, 0.25) is 0 Å². The van der Waals surface area contributed by atoms with Gasteiger partial charge in [-0.15, -0.1) is 6.42 Å². The van der Waals surface area contributed by atoms with E-state index in [1.165, 1.54) is 7.11 Å². The summed E-state index contributed by atoms with van der Waals surface area (Å²) in [4.78, 5) is 7.64. The van der Waals surface area contributed by atoms with Gasteiger partial charge in [0, 0.05) is 6.07 Å². The normalized spacial score (nSPS) is 11.0. The Morgan fingerprint density at radius 3 is 2.79 bits per heavy atom. The largest absolute Gasteiger partial charge is 0.497 e. The number of allylic oxidation sites excluding steroid dienone is 1. The fraction of sp³-hybridized carbons (Fsp3) is 0.143. The Kier molecular flexibility index (Phi) is 5.88. The van der Waals surface area contributed by atoms with Crippen molar-refractivity contribution in [1.29, 1.82) is 5.26 Å². The summed E-state index contributed by atoms with van der Waals surface area (Å²) < 4.78 is 16.8. The fourth-order valence-electron chi connectivity index (χ4n) is 2.64. The van der Waals surface area contributed by atoms with Crippen LogP contribution in [-0.2, 0) is 0 Å². The second kappa shape index (κ2) is 8.51. The number of benzene rings is 2. The van der Waals surface area contributed by atoms with Gasteiger partial charge in [-0.2, -0.15) is 5.26 Å². The average molecular weight is 438 g/mol. The molecule has 0 unspecified atom stereocenters. The maximum Gasteiger partial charge on any atom is 0.176 e. The van der Waals surface area contributed by atoms with Crippen molar-refractivity contribution < 1.29 is 14.2 Å². The molecule has 1 N–H and O–H groups in total. The number of ether oxygens (including phenoxy) is 3. The zero-order valence-electron chi connectivity index (χ0n) is 15.2. The molecule has 0 aliphatic rings. The molecule has 0 bridgehead atoms. The van der Waals surface area contributed by atoms with E-state index in [1.54, 1.807) is 19.3 Å². The van der Waals surface area contributed by atoms with E-state index in [2.05, 4.69) is 37.9 Å². The van der Waals surface area contributed by atoms with Gasteiger partial charge in [-0.05, 0) is 51.8 Å². The lowest BCUT2D eigenvalue weighted by Crippen LogP contribution is -1.98. The first-order chi connectivity index (χ1) is 13.6. The Labute approximate surface area is 170 Å². The first kappa shape index (κ1) is 19.3. The molecule has 0 aliphatic heterocycles. The van der Waals surface area contributed by atoms with Crippen molar-refractivity contribution in [2.45, 2.75) is 0 Å². The minimum absolute atomic E-state index is 0.121. The number of aromatic nitrogens is 2. The lowest BCUT2D eigenvalue weighted by molar-refractivity contribution is 0.329. The molecule has 0 aliphatic carbocycles. The number of nitriles is 1. The van der Waals surface area contributed by atoms with Crippen LogP contribution in [0.25, 0.3) is 22.7 Å². The predicted molar refractivity (Wildman–Crippen MR) is 111 cm³/mol. The third-order valence-corrected chi connectivity index (χ3v) is 4.52. The number of imidazole rings is 1. The number of hydrogen-bond donors (Lipinski definition) is 1. The zero-order valence-corrected chi connectivity index (χ0v) is 16.8. The molecule has 1 aromatic heterocycles. The molecule has 0 atom stereocenters. The highest BCUT2D eigenvalue weighted by molar-refractivity contribution is 9.10. The standard InChI is InChI=1S/C21H16BrN3O3/c1-4-7-28-20-16(22)9-13(10-19(20)27-3)8-14(12-23)21-24-17-6-5-15(26-2)11-18(17)25-21/h1,5-6,8-11H,7H2,2-3H3,(H,24,25)/b14-8-. The number of halogens is 1. The van der Waals surface area contributed by atoms with Crippen molar-refractivity contribution in [3.05, 3.63) is 46.2 Å². The quantitative estimate of drug-likeness (QED) is 0.455. The maximum atomic E-state index is 9.64. The number of hydrogen-bond acceptors (Lipinski definition) is 5. The monoisotopic (exact) mass is 437 g/mol. The summed E-state index contributed by atoms with van der Waals surface area (Å²) in [6, 6.07) is 11.2. The summed E-state index contributed by atoms with van der Waals surface area (Å²) in [5.74, 6) is 4.60. The molecule has 3 rings (SSSR count). The molecule has 3 aromatic rings. The van der Waals surface area contributed by atoms with Crippen LogP contribution in [0.1, 0.15) is 11.4 Å². The predicted octanol–water partition coefficient (Wildman–Crippen LogP) is 4.42. The molecule has 0 fully saturated rings. The van der Waals surface area contributed by atoms with Crippen LogP contribution in [0.3, 0.4) is 0 Å². The third-order valence-electron chi connectivity index (χ3n) is 3.93. The zero-order chi connectivity index (χ0) is 20.1. The molecule has 6 nitrogen and oxygen atoms in total. The van der Waals surface area contributed by atoms with Gasteiger partial charge in [0.05, 0.1) is 35.3 Å². The highest BCUT2D eigenvalue weighted by Gasteiger charge is 2.13. The molecular formula is C21H16BrN3O3. The van der Waals surface area contributed by atoms with Gasteiger partial charge in [0.2, 0.25) is 0 Å². The Hall–Kier alpha value is -3.42. The molecule has 0 saturated heterocycles. The highest BCUT2D eigenvalue weighted by atomic mass is 79.9. The molecule has 0 radical (unpaired) electrons. The summed E-state index contributed by atoms with van der Waals surface area (Å²) in [6.07, 6.45) is 6.97. The van der Waals surface area contributed by atoms with Crippen molar-refractivity contribution in [1.82, 2.24) is 9.97 Å². The number of methoxy groups -OCH3 is 2. The van der Waals surface area contributed by atoms with Gasteiger partial charge < -0.3 is 19.2 Å². The van der Waals surface area contributed by atoms with E-state index in [1.807, 2.05) is 24.3 Å². The van der Waals surface area contributed by atoms with Crippen LogP contribution in [-0.4, -0.2) is 30.8 Å². The van der Waals surface area contributed by atoms with Gasteiger partial charge in [0.15, 0.2) is 11.5 Å². The summed E-state index contributed by atoms with van der Waals surface area (Å²) in [6.45, 7) is 0.121. The molecule has 0 amide bonds. The van der Waals surface area contributed by atoms with Crippen LogP contribution in [0.4, 0.5) is 0 Å². The molecule has 0 saturated carbocycles. The van der Waals surface area contributed by atoms with Gasteiger partial charge in [-0.25, -0.2) is 4.98 Å². The number of H-pyrrole nitrogens is 1. The number of fused-ring (bicyclic) bond motifs is 1. The van der Waals surface area contributed by atoms with Crippen LogP contribution in [0.5, 0.6) is 17.2 Å². The molecule has 28 heavy (non-hydrogen) atoms. The SMILES string of the molecule is C#CCOc1c(Br)cc(/C=C(/C#N)c2nc3ccc(OC)cc3[nH]2)cc1OC. The smallest absolute Gasteiger partial charge is 0.176 e. The van der Waals surface area contributed by atoms with Crippen LogP contribution < -0.4 is 14.2 Å². The van der Waals surface area contributed by atoms with Gasteiger partial charge in [0.25, 0.3) is 0 Å².